The molecule has 108 valence electrons. The lowest BCUT2D eigenvalue weighted by Gasteiger charge is -2.30. The molecule has 5 heteroatoms. The minimum absolute atomic E-state index is 0.125. The van der Waals surface area contributed by atoms with Crippen LogP contribution in [0.15, 0.2) is 36.4 Å². The maximum absolute atomic E-state index is 12.3. The van der Waals surface area contributed by atoms with E-state index in [1.807, 2.05) is 24.3 Å². The molecule has 0 aliphatic carbocycles. The van der Waals surface area contributed by atoms with Gasteiger partial charge in [0.2, 0.25) is 5.91 Å². The average molecular weight is 432 g/mol. The van der Waals surface area contributed by atoms with E-state index in [2.05, 4.69) is 28.7 Å². The lowest BCUT2D eigenvalue weighted by atomic mass is 10.0. The number of hydrogen-bond donors (Lipinski definition) is 0. The number of carbonyl (C=O) groups is 1. The lowest BCUT2D eigenvalue weighted by molar-refractivity contribution is -0.119. The van der Waals surface area contributed by atoms with Crippen molar-refractivity contribution in [1.29, 1.82) is 0 Å². The number of nitrogens with zero attached hydrogens (tertiary/aromatic N) is 1. The number of anilines is 1. The number of aryl methyl sites for hydroxylation is 1. The third-order valence-electron chi connectivity index (χ3n) is 3.60. The van der Waals surface area contributed by atoms with Crippen LogP contribution in [-0.2, 0) is 17.8 Å². The number of hydrogen-bond acceptors (Lipinski definition) is 1. The monoisotopic (exact) mass is 431 g/mol. The van der Waals surface area contributed by atoms with Gasteiger partial charge in [-0.3, -0.25) is 4.79 Å². The zero-order chi connectivity index (χ0) is 15.0. The van der Waals surface area contributed by atoms with E-state index in [0.717, 1.165) is 17.7 Å². The van der Waals surface area contributed by atoms with Crippen LogP contribution < -0.4 is 4.90 Å². The first-order valence-corrected chi connectivity index (χ1v) is 8.41. The Balaban J connectivity index is 1.99. The highest BCUT2D eigenvalue weighted by atomic mass is 127. The molecule has 2 nitrogen and oxygen atoms in total. The van der Waals surface area contributed by atoms with Crippen molar-refractivity contribution in [2.24, 2.45) is 0 Å². The molecule has 2 aromatic carbocycles. The maximum Gasteiger partial charge on any atom is 0.227 e. The molecule has 1 heterocycles. The standard InChI is InChI=1S/C16H12Cl2INO/c17-13-3-1-2-11(16(13)18)9-20-14-6-5-12(19)8-10(14)4-7-15(20)21/h1-3,5-6,8H,4,7,9H2. The van der Waals surface area contributed by atoms with Crippen molar-refractivity contribution in [3.05, 3.63) is 61.1 Å². The molecule has 0 radical (unpaired) electrons. The molecule has 3 rings (SSSR count). The van der Waals surface area contributed by atoms with Crippen LogP contribution in [0.1, 0.15) is 17.5 Å². The third-order valence-corrected chi connectivity index (χ3v) is 5.13. The number of benzene rings is 2. The summed E-state index contributed by atoms with van der Waals surface area (Å²) in [5.74, 6) is 0.125. The summed E-state index contributed by atoms with van der Waals surface area (Å²) in [6.07, 6.45) is 1.33. The number of fused-ring (bicyclic) bond motifs is 1. The van der Waals surface area contributed by atoms with Gasteiger partial charge < -0.3 is 4.90 Å². The first kappa shape index (κ1) is 15.1. The fraction of sp³-hybridized carbons (Fsp3) is 0.188. The van der Waals surface area contributed by atoms with Crippen molar-refractivity contribution in [2.75, 3.05) is 4.90 Å². The van der Waals surface area contributed by atoms with E-state index in [1.54, 1.807) is 11.0 Å². The van der Waals surface area contributed by atoms with Crippen molar-refractivity contribution in [1.82, 2.24) is 0 Å². The molecule has 1 aliphatic heterocycles. The number of carbonyl (C=O) groups excluding carboxylic acids is 1. The molecule has 0 saturated heterocycles. The number of halogens is 3. The summed E-state index contributed by atoms with van der Waals surface area (Å²) in [7, 11) is 0. The Kier molecular flexibility index (Phi) is 4.43. The van der Waals surface area contributed by atoms with E-state index >= 15 is 0 Å². The molecule has 0 bridgehead atoms. The molecule has 0 atom stereocenters. The summed E-state index contributed by atoms with van der Waals surface area (Å²) in [6, 6.07) is 11.7. The molecule has 1 amide bonds. The second-order valence-corrected chi connectivity index (χ2v) is 7.00. The lowest BCUT2D eigenvalue weighted by Crippen LogP contribution is -2.34. The number of rotatable bonds is 2. The van der Waals surface area contributed by atoms with Gasteiger partial charge in [-0.25, -0.2) is 0 Å². The summed E-state index contributed by atoms with van der Waals surface area (Å²) >= 11 is 14.6. The van der Waals surface area contributed by atoms with Crippen LogP contribution in [0.4, 0.5) is 5.69 Å². The molecule has 0 fully saturated rings. The van der Waals surface area contributed by atoms with E-state index in [1.165, 1.54) is 9.13 Å². The number of amides is 1. The van der Waals surface area contributed by atoms with E-state index in [4.69, 9.17) is 23.2 Å². The van der Waals surface area contributed by atoms with Crippen LogP contribution in [-0.4, -0.2) is 5.91 Å². The first-order chi connectivity index (χ1) is 10.1. The Labute approximate surface area is 147 Å². The Morgan fingerprint density at radius 1 is 1.14 bits per heavy atom. The van der Waals surface area contributed by atoms with Crippen LogP contribution in [0.3, 0.4) is 0 Å². The molecule has 0 spiro atoms. The van der Waals surface area contributed by atoms with Gasteiger partial charge in [-0.05, 0) is 64.4 Å². The smallest absolute Gasteiger partial charge is 0.227 e. The van der Waals surface area contributed by atoms with Crippen LogP contribution in [0.25, 0.3) is 0 Å². The van der Waals surface area contributed by atoms with Crippen LogP contribution >= 0.6 is 45.8 Å². The van der Waals surface area contributed by atoms with Crippen molar-refractivity contribution in [2.45, 2.75) is 19.4 Å². The highest BCUT2D eigenvalue weighted by molar-refractivity contribution is 14.1. The Hall–Kier alpha value is -0.780. The predicted octanol–water partition coefficient (Wildman–Crippen LogP) is 5.08. The van der Waals surface area contributed by atoms with E-state index in [-0.39, 0.29) is 5.91 Å². The normalized spacial score (nSPS) is 14.2. The van der Waals surface area contributed by atoms with Crippen LogP contribution in [0, 0.1) is 3.57 Å². The van der Waals surface area contributed by atoms with E-state index < -0.39 is 0 Å². The summed E-state index contributed by atoms with van der Waals surface area (Å²) in [5.41, 5.74) is 3.05. The third kappa shape index (κ3) is 3.05. The fourth-order valence-corrected chi connectivity index (χ4v) is 3.48. The minimum atomic E-state index is 0.125. The average Bonchev–Trinajstić information content (AvgIpc) is 2.46. The second-order valence-electron chi connectivity index (χ2n) is 4.97. The van der Waals surface area contributed by atoms with Crippen molar-refractivity contribution in [3.63, 3.8) is 0 Å². The summed E-state index contributed by atoms with van der Waals surface area (Å²) < 4.78 is 1.18. The van der Waals surface area contributed by atoms with Gasteiger partial charge in [0.1, 0.15) is 0 Å². The molecule has 0 unspecified atom stereocenters. The van der Waals surface area contributed by atoms with Gasteiger partial charge in [0.05, 0.1) is 16.6 Å². The minimum Gasteiger partial charge on any atom is -0.308 e. The van der Waals surface area contributed by atoms with Gasteiger partial charge in [0, 0.05) is 15.7 Å². The van der Waals surface area contributed by atoms with Gasteiger partial charge in [-0.15, -0.1) is 0 Å². The van der Waals surface area contributed by atoms with Gasteiger partial charge in [0.25, 0.3) is 0 Å². The highest BCUT2D eigenvalue weighted by Gasteiger charge is 2.25. The molecular formula is C16H12Cl2INO. The Bertz CT molecular complexity index is 717. The molecule has 0 aromatic heterocycles. The quantitative estimate of drug-likeness (QED) is 0.607. The molecular weight excluding hydrogens is 420 g/mol. The Morgan fingerprint density at radius 3 is 2.76 bits per heavy atom. The van der Waals surface area contributed by atoms with Crippen LogP contribution in [0.2, 0.25) is 10.0 Å². The Morgan fingerprint density at radius 2 is 1.95 bits per heavy atom. The largest absolute Gasteiger partial charge is 0.308 e. The van der Waals surface area contributed by atoms with Crippen LogP contribution in [0.5, 0.6) is 0 Å². The topological polar surface area (TPSA) is 20.3 Å². The van der Waals surface area contributed by atoms with Crippen molar-refractivity contribution in [3.8, 4) is 0 Å². The van der Waals surface area contributed by atoms with E-state index in [0.29, 0.717) is 23.0 Å². The zero-order valence-electron chi connectivity index (χ0n) is 11.1. The summed E-state index contributed by atoms with van der Waals surface area (Å²) in [4.78, 5) is 14.1. The zero-order valence-corrected chi connectivity index (χ0v) is 14.7. The van der Waals surface area contributed by atoms with Gasteiger partial charge in [0.15, 0.2) is 0 Å². The molecule has 1 aliphatic rings. The first-order valence-electron chi connectivity index (χ1n) is 6.58. The van der Waals surface area contributed by atoms with E-state index in [9.17, 15) is 4.79 Å². The van der Waals surface area contributed by atoms with Crippen molar-refractivity contribution < 1.29 is 4.79 Å². The SMILES string of the molecule is O=C1CCc2cc(I)ccc2N1Cc1cccc(Cl)c1Cl. The summed E-state index contributed by atoms with van der Waals surface area (Å²) in [6.45, 7) is 0.450. The molecule has 2 aromatic rings. The maximum atomic E-state index is 12.3. The van der Waals surface area contributed by atoms with Crippen molar-refractivity contribution >= 4 is 57.4 Å². The highest BCUT2D eigenvalue weighted by Crippen LogP contribution is 2.33. The molecule has 0 saturated carbocycles. The van der Waals surface area contributed by atoms with Gasteiger partial charge in [-0.1, -0.05) is 35.3 Å². The summed E-state index contributed by atoms with van der Waals surface area (Å²) in [5, 5.41) is 1.03. The predicted molar refractivity (Wildman–Crippen MR) is 95.1 cm³/mol. The van der Waals surface area contributed by atoms with Gasteiger partial charge in [-0.2, -0.15) is 0 Å². The molecule has 21 heavy (non-hydrogen) atoms. The fourth-order valence-electron chi connectivity index (χ4n) is 2.54. The molecule has 0 N–H and O–H groups in total. The van der Waals surface area contributed by atoms with Gasteiger partial charge >= 0.3 is 0 Å². The second kappa shape index (κ2) is 6.15.